The van der Waals surface area contributed by atoms with Crippen molar-refractivity contribution in [3.8, 4) is 5.75 Å². The Balaban J connectivity index is 0.000000509. The number of fused-ring (bicyclic) bond motifs is 1. The Hall–Kier alpha value is -4.90. The fraction of sp³-hybridized carbons (Fsp3) is 0.357. The van der Waals surface area contributed by atoms with Crippen LogP contribution in [0.2, 0.25) is 10.0 Å². The van der Waals surface area contributed by atoms with Gasteiger partial charge in [-0.3, -0.25) is 19.2 Å². The minimum absolute atomic E-state index is 0.0405. The topological polar surface area (TPSA) is 231 Å². The molecule has 0 bridgehead atoms. The lowest BCUT2D eigenvalue weighted by Crippen LogP contribution is -2.42. The number of carbonyl (C=O) groups is 5. The number of nitrogens with two attached hydrogens (primary N) is 1. The molecule has 17 heteroatoms. The second kappa shape index (κ2) is 20.9. The number of piperidine rings is 1. The minimum atomic E-state index is -2.74. The number of likely N-dealkylation sites (tertiary alicyclic amines) is 1. The number of likely N-dealkylation sites (N-methyl/N-ethyl adjacent to an activating group) is 1. The number of carboxylic acids is 3. The molecule has 14 nitrogen and oxygen atoms in total. The molecular weight excluding hydrogens is 825 g/mol. The number of nitrogens with zero attached hydrogens (tertiary/aromatic N) is 2. The largest absolute Gasteiger partial charge is 0.612 e. The summed E-state index contributed by atoms with van der Waals surface area (Å²) in [5.74, 6) is -5.44. The highest BCUT2D eigenvalue weighted by Gasteiger charge is 2.41. The van der Waals surface area contributed by atoms with E-state index in [-0.39, 0.29) is 23.1 Å². The van der Waals surface area contributed by atoms with Crippen LogP contribution >= 0.6 is 23.2 Å². The van der Waals surface area contributed by atoms with Crippen molar-refractivity contribution in [1.82, 2.24) is 9.80 Å². The Morgan fingerprint density at radius 2 is 1.56 bits per heavy atom. The first kappa shape index (κ1) is 46.8. The lowest BCUT2D eigenvalue weighted by Gasteiger charge is -2.34. The first-order chi connectivity index (χ1) is 27.9. The summed E-state index contributed by atoms with van der Waals surface area (Å²) >= 11 is 11.7. The zero-order chi connectivity index (χ0) is 43.6. The van der Waals surface area contributed by atoms with Gasteiger partial charge >= 0.3 is 17.9 Å². The monoisotopic (exact) mass is 871 g/mol. The van der Waals surface area contributed by atoms with E-state index in [4.69, 9.17) is 54.1 Å². The van der Waals surface area contributed by atoms with E-state index >= 15 is 0 Å². The average Bonchev–Trinajstić information content (AvgIpc) is 3.19. The number of primary amides is 1. The predicted octanol–water partition coefficient (Wildman–Crippen LogP) is 5.87. The molecule has 4 aromatic carbocycles. The lowest BCUT2D eigenvalue weighted by atomic mass is 9.88. The number of hydrogen-bond acceptors (Lipinski definition) is 9. The molecule has 0 spiro atoms. The standard InChI is InChI=1S/C36H39Cl2N3O4S.C6H8O7/c1-40(36(43)33-28-10-5-4-8-25(28)20-29(35(39)42)34(33)45-2)22-26(24-12-13-30(37)31(38)21-24)16-19-41-17-14-23(15-18-41)27-9-6-7-11-32(27)46(3)44;7-3(8)1-6(13,5(11)12)2-4(9)10/h4-13,20-21,23,26H,14-19,22H2,1-3H3,(H2,39,42);13H,1-2H2,(H,7,8)(H,9,10)(H,11,12)/t26?,46-;/m0./s1. The summed E-state index contributed by atoms with van der Waals surface area (Å²) in [5.41, 5.74) is 5.61. The van der Waals surface area contributed by atoms with Gasteiger partial charge in [0.15, 0.2) is 10.5 Å². The van der Waals surface area contributed by atoms with Crippen molar-refractivity contribution in [2.45, 2.75) is 54.4 Å². The van der Waals surface area contributed by atoms with Crippen LogP contribution in [0.5, 0.6) is 5.75 Å². The molecule has 0 radical (unpaired) electrons. The van der Waals surface area contributed by atoms with Gasteiger partial charge in [-0.2, -0.15) is 0 Å². The van der Waals surface area contributed by atoms with Crippen LogP contribution in [0.3, 0.4) is 0 Å². The molecular formula is C42H47Cl2N3O11S. The van der Waals surface area contributed by atoms with Gasteiger partial charge in [-0.15, -0.1) is 0 Å². The number of carboxylic acid groups (broad SMARTS) is 3. The molecule has 5 rings (SSSR count). The normalized spacial score (nSPS) is 14.4. The van der Waals surface area contributed by atoms with Crippen molar-refractivity contribution in [1.29, 1.82) is 0 Å². The molecule has 1 aliphatic rings. The molecule has 2 amide bonds. The number of benzene rings is 4. The summed E-state index contributed by atoms with van der Waals surface area (Å²) in [6, 6.07) is 22.8. The van der Waals surface area contributed by atoms with E-state index in [0.29, 0.717) is 33.5 Å². The molecule has 6 N–H and O–H groups in total. The zero-order valence-electron chi connectivity index (χ0n) is 32.7. The molecule has 0 aliphatic carbocycles. The number of aliphatic carboxylic acids is 3. The van der Waals surface area contributed by atoms with E-state index in [0.717, 1.165) is 54.7 Å². The predicted molar refractivity (Wildman–Crippen MR) is 224 cm³/mol. The highest BCUT2D eigenvalue weighted by molar-refractivity contribution is 7.90. The average molecular weight is 873 g/mol. The molecule has 1 unspecified atom stereocenters. The number of methoxy groups -OCH3 is 1. The number of rotatable bonds is 16. The lowest BCUT2D eigenvalue weighted by molar-refractivity contribution is -0.170. The Morgan fingerprint density at radius 3 is 2.12 bits per heavy atom. The van der Waals surface area contributed by atoms with E-state index in [1.165, 1.54) is 12.7 Å². The van der Waals surface area contributed by atoms with Crippen LogP contribution in [-0.4, -0.2) is 117 Å². The van der Waals surface area contributed by atoms with Crippen molar-refractivity contribution >= 4 is 74.9 Å². The van der Waals surface area contributed by atoms with Crippen LogP contribution in [0.4, 0.5) is 0 Å². The molecule has 59 heavy (non-hydrogen) atoms. The van der Waals surface area contributed by atoms with Gasteiger partial charge in [-0.1, -0.05) is 71.7 Å². The molecule has 1 heterocycles. The van der Waals surface area contributed by atoms with Crippen LogP contribution in [0.25, 0.3) is 10.8 Å². The quantitative estimate of drug-likeness (QED) is 0.0833. The number of carbonyl (C=O) groups excluding carboxylic acids is 2. The second-order valence-electron chi connectivity index (χ2n) is 14.3. The van der Waals surface area contributed by atoms with E-state index in [2.05, 4.69) is 11.0 Å². The number of hydrogen-bond donors (Lipinski definition) is 5. The van der Waals surface area contributed by atoms with Gasteiger partial charge in [-0.05, 0) is 96.6 Å². The van der Waals surface area contributed by atoms with Gasteiger partial charge in [0.2, 0.25) is 0 Å². The van der Waals surface area contributed by atoms with Crippen LogP contribution in [0, 0.1) is 0 Å². The van der Waals surface area contributed by atoms with E-state index in [1.54, 1.807) is 30.3 Å². The second-order valence-corrected chi connectivity index (χ2v) is 16.5. The number of amides is 2. The van der Waals surface area contributed by atoms with E-state index < -0.39 is 53.4 Å². The van der Waals surface area contributed by atoms with Gasteiger partial charge in [0.05, 0.1) is 41.1 Å². The SMILES string of the molecule is COc1c(C(N)=O)cc2ccccc2c1C(=O)N(C)CC(CCN1CCC(c2ccccc2[S@+](C)[O-])CC1)c1ccc(Cl)c(Cl)c1.O=C(O)CC(O)(CC(=O)O)C(=O)O. The van der Waals surface area contributed by atoms with Gasteiger partial charge in [-0.25, -0.2) is 4.79 Å². The molecule has 0 saturated carbocycles. The van der Waals surface area contributed by atoms with Crippen molar-refractivity contribution in [2.75, 3.05) is 46.6 Å². The maximum absolute atomic E-state index is 14.2. The Labute approximate surface area is 354 Å². The summed E-state index contributed by atoms with van der Waals surface area (Å²) in [5, 5.41) is 36.2. The molecule has 0 aromatic heterocycles. The Bertz CT molecular complexity index is 2160. The summed E-state index contributed by atoms with van der Waals surface area (Å²) < 4.78 is 18.0. The maximum atomic E-state index is 14.2. The van der Waals surface area contributed by atoms with Crippen LogP contribution < -0.4 is 10.5 Å². The first-order valence-electron chi connectivity index (χ1n) is 18.5. The van der Waals surface area contributed by atoms with E-state index in [9.17, 15) is 28.5 Å². The fourth-order valence-electron chi connectivity index (χ4n) is 7.27. The molecule has 316 valence electrons. The third-order valence-corrected chi connectivity index (χ3v) is 12.0. The van der Waals surface area contributed by atoms with Crippen molar-refractivity contribution < 1.29 is 53.7 Å². The number of halogens is 2. The maximum Gasteiger partial charge on any atom is 0.336 e. The molecule has 1 fully saturated rings. The fourth-order valence-corrected chi connectivity index (χ4v) is 8.41. The third-order valence-electron chi connectivity index (χ3n) is 10.3. The Morgan fingerprint density at radius 1 is 0.949 bits per heavy atom. The van der Waals surface area contributed by atoms with Crippen LogP contribution in [0.15, 0.2) is 77.7 Å². The van der Waals surface area contributed by atoms with Crippen molar-refractivity contribution in [2.24, 2.45) is 5.73 Å². The molecule has 2 atom stereocenters. The van der Waals surface area contributed by atoms with E-state index in [1.807, 2.05) is 54.6 Å². The minimum Gasteiger partial charge on any atom is -0.612 e. The van der Waals surface area contributed by atoms with Crippen LogP contribution in [0.1, 0.15) is 75.8 Å². The Kier molecular flexibility index (Phi) is 16.6. The number of ether oxygens (including phenoxy) is 1. The highest BCUT2D eigenvalue weighted by Crippen LogP contribution is 2.36. The summed E-state index contributed by atoms with van der Waals surface area (Å²) in [4.78, 5) is 62.1. The van der Waals surface area contributed by atoms with Crippen LogP contribution in [-0.2, 0) is 25.6 Å². The van der Waals surface area contributed by atoms with Crippen molar-refractivity contribution in [3.63, 3.8) is 0 Å². The summed E-state index contributed by atoms with van der Waals surface area (Å²) in [6.07, 6.45) is 2.23. The summed E-state index contributed by atoms with van der Waals surface area (Å²) in [6.45, 7) is 3.11. The van der Waals surface area contributed by atoms with Gasteiger partial charge < -0.3 is 45.2 Å². The smallest absolute Gasteiger partial charge is 0.336 e. The zero-order valence-corrected chi connectivity index (χ0v) is 35.1. The third kappa shape index (κ3) is 12.1. The van der Waals surface area contributed by atoms with Gasteiger partial charge in [0.1, 0.15) is 12.0 Å². The number of aliphatic hydroxyl groups is 1. The summed E-state index contributed by atoms with van der Waals surface area (Å²) in [7, 11) is 3.20. The molecule has 1 aliphatic heterocycles. The molecule has 1 saturated heterocycles. The van der Waals surface area contributed by atoms with Gasteiger partial charge in [0, 0.05) is 25.1 Å². The van der Waals surface area contributed by atoms with Crippen molar-refractivity contribution in [3.05, 3.63) is 105 Å². The molecule has 4 aromatic rings. The first-order valence-corrected chi connectivity index (χ1v) is 20.8. The highest BCUT2D eigenvalue weighted by atomic mass is 35.5. The van der Waals surface area contributed by atoms with Gasteiger partial charge in [0.25, 0.3) is 11.8 Å².